The molecule has 5 aromatic rings. The Hall–Kier alpha value is -7.29. The lowest BCUT2D eigenvalue weighted by Crippen LogP contribution is -2.68. The molecule has 0 aromatic heterocycles. The summed E-state index contributed by atoms with van der Waals surface area (Å²) in [4.78, 5) is 83.9. The summed E-state index contributed by atoms with van der Waals surface area (Å²) in [5, 5.41) is 18.2. The first kappa shape index (κ1) is 77.4. The Bertz CT molecular complexity index is 3310. The molecule has 0 radical (unpaired) electrons. The molecule has 3 heterocycles. The van der Waals surface area contributed by atoms with Gasteiger partial charge in [0.1, 0.15) is 48.7 Å². The molecule has 4 unspecified atom stereocenters. The molecule has 99 heavy (non-hydrogen) atoms. The molecule has 3 aliphatic heterocycles. The third kappa shape index (κ3) is 24.5. The second kappa shape index (κ2) is 40.2. The fraction of sp³-hybridized carbons (Fsp3) is 0.514. The number of fused-ring (bicyclic) bond motifs is 1. The minimum Gasteiger partial charge on any atom is -0.462 e. The van der Waals surface area contributed by atoms with E-state index in [-0.39, 0.29) is 78.2 Å². The van der Waals surface area contributed by atoms with E-state index in [1.54, 1.807) is 64.1 Å². The number of amides is 2. The predicted octanol–water partition coefficient (Wildman–Crippen LogP) is 10.3. The maximum absolute atomic E-state index is 15.2. The minimum absolute atomic E-state index is 0.00338. The summed E-state index contributed by atoms with van der Waals surface area (Å²) in [6.45, 7) is 9.21. The third-order valence-corrected chi connectivity index (χ3v) is 18.4. The number of hydrogen-bond acceptors (Lipinski definition) is 22. The van der Waals surface area contributed by atoms with Gasteiger partial charge in [-0.05, 0) is 59.1 Å². The van der Waals surface area contributed by atoms with E-state index < -0.39 is 155 Å². The smallest absolute Gasteiger partial charge is 0.462 e. The van der Waals surface area contributed by atoms with Gasteiger partial charge >= 0.3 is 31.7 Å². The van der Waals surface area contributed by atoms with Gasteiger partial charge in [-0.2, -0.15) is 0 Å². The van der Waals surface area contributed by atoms with Gasteiger partial charge in [-0.25, -0.2) is 4.57 Å². The first-order chi connectivity index (χ1) is 48.0. The van der Waals surface area contributed by atoms with E-state index in [4.69, 9.17) is 65.7 Å². The summed E-state index contributed by atoms with van der Waals surface area (Å²) in [5.41, 5.74) is 4.52. The first-order valence-corrected chi connectivity index (χ1v) is 35.6. The van der Waals surface area contributed by atoms with Crippen LogP contribution in [0.4, 0.5) is 0 Å². The Morgan fingerprint density at radius 2 is 0.879 bits per heavy atom. The molecule has 3 aliphatic rings. The van der Waals surface area contributed by atoms with Gasteiger partial charge < -0.3 is 67.8 Å². The molecule has 25 heteroatoms. The summed E-state index contributed by atoms with van der Waals surface area (Å²) in [5.74, 6) is -4.19. The number of phosphoric ester groups is 1. The van der Waals surface area contributed by atoms with Crippen molar-refractivity contribution < 1.29 is 104 Å². The van der Waals surface area contributed by atoms with Crippen LogP contribution in [0.15, 0.2) is 146 Å². The van der Waals surface area contributed by atoms with Gasteiger partial charge in [0, 0.05) is 12.8 Å². The lowest BCUT2D eigenvalue weighted by molar-refractivity contribution is -0.304. The van der Waals surface area contributed by atoms with Gasteiger partial charge in [-0.3, -0.25) is 42.3 Å². The van der Waals surface area contributed by atoms with Gasteiger partial charge in [0.2, 0.25) is 11.8 Å². The number of hydrogen-bond donors (Lipinski definition) is 3. The molecule has 24 nitrogen and oxygen atoms in total. The van der Waals surface area contributed by atoms with Crippen LogP contribution in [0.2, 0.25) is 0 Å². The molecule has 5 aromatic carbocycles. The number of aliphatic hydroxyl groups is 1. The van der Waals surface area contributed by atoms with Crippen LogP contribution in [0, 0.1) is 0 Å². The van der Waals surface area contributed by atoms with Crippen molar-refractivity contribution in [1.29, 1.82) is 0 Å². The molecule has 8 rings (SSSR count). The van der Waals surface area contributed by atoms with Gasteiger partial charge in [0.15, 0.2) is 24.8 Å². The normalized spacial score (nSPS) is 23.1. The average Bonchev–Trinajstić information content (AvgIpc) is 1.34. The highest BCUT2D eigenvalue weighted by Crippen LogP contribution is 2.55. The predicted molar refractivity (Wildman–Crippen MR) is 359 cm³/mol. The number of benzene rings is 5. The van der Waals surface area contributed by atoms with Crippen molar-refractivity contribution in [2.75, 3.05) is 13.2 Å². The summed E-state index contributed by atoms with van der Waals surface area (Å²) in [6.07, 6.45) is -16.2. The van der Waals surface area contributed by atoms with Gasteiger partial charge in [-0.1, -0.05) is 187 Å². The zero-order valence-corrected chi connectivity index (χ0v) is 58.0. The Morgan fingerprint density at radius 1 is 0.465 bits per heavy atom. The van der Waals surface area contributed by atoms with Gasteiger partial charge in [0.25, 0.3) is 0 Å². The Balaban J connectivity index is 1.19. The molecular formula is C74H95N2O22P. The van der Waals surface area contributed by atoms with Crippen molar-refractivity contribution >= 4 is 43.5 Å². The van der Waals surface area contributed by atoms with E-state index in [1.165, 1.54) is 0 Å². The monoisotopic (exact) mass is 1390 g/mol. The van der Waals surface area contributed by atoms with Crippen molar-refractivity contribution in [1.82, 2.24) is 10.6 Å². The summed E-state index contributed by atoms with van der Waals surface area (Å²) in [7, 11) is -4.73. The molecule has 0 bridgehead atoms. The number of aliphatic hydroxyl groups excluding tert-OH is 1. The number of esters is 4. The van der Waals surface area contributed by atoms with Crippen LogP contribution < -0.4 is 10.6 Å². The molecule has 0 saturated carbocycles. The van der Waals surface area contributed by atoms with Crippen molar-refractivity contribution in [3.05, 3.63) is 179 Å². The van der Waals surface area contributed by atoms with Gasteiger partial charge in [-0.15, -0.1) is 0 Å². The molecule has 2 amide bonds. The van der Waals surface area contributed by atoms with Crippen LogP contribution in [0.1, 0.15) is 139 Å². The fourth-order valence-corrected chi connectivity index (χ4v) is 12.7. The molecule has 2 saturated heterocycles. The maximum Gasteiger partial charge on any atom is 0.475 e. The molecule has 2 fully saturated rings. The molecule has 0 aliphatic carbocycles. The second-order valence-corrected chi connectivity index (χ2v) is 26.0. The number of rotatable bonds is 38. The fourth-order valence-electron chi connectivity index (χ4n) is 11.3. The third-order valence-electron chi connectivity index (χ3n) is 17.0. The van der Waals surface area contributed by atoms with Crippen molar-refractivity contribution in [2.24, 2.45) is 0 Å². The van der Waals surface area contributed by atoms with E-state index >= 15 is 4.57 Å². The highest BCUT2D eigenvalue weighted by atomic mass is 31.2. The number of phosphoric acid groups is 1. The first-order valence-electron chi connectivity index (χ1n) is 34.2. The van der Waals surface area contributed by atoms with E-state index in [2.05, 4.69) is 10.6 Å². The molecular weight excluding hydrogens is 1300 g/mol. The topological polar surface area (TPSA) is 293 Å². The minimum atomic E-state index is -4.73. The zero-order valence-electron chi connectivity index (χ0n) is 57.1. The SMILES string of the molecule is CCC(=O)O[C@H](CC)CC(=O)NC1[C@H](OCC2O[C@@H](O)C(NC(=O)C[C@@H](CC)OCc3ccccc3)[C@@H](OC(=O)C[C@@H](CC)OCc3ccccc3)[C@@H]2OCc2ccccc2)OC(COCc2ccccc2)[C@@H](OP2(=O)OCc3ccccc3CO2)[C@@H]1OC(=O)C[C@@H](CC)OC(=O)CC. The number of carbonyl (C=O) groups is 6. The maximum atomic E-state index is 15.2. The van der Waals surface area contributed by atoms with E-state index in [1.807, 2.05) is 123 Å². The van der Waals surface area contributed by atoms with Crippen LogP contribution in [0.25, 0.3) is 0 Å². The van der Waals surface area contributed by atoms with Crippen LogP contribution in [-0.4, -0.2) is 140 Å². The Labute approximate surface area is 579 Å². The summed E-state index contributed by atoms with van der Waals surface area (Å²) in [6, 6.07) is 41.1. The highest BCUT2D eigenvalue weighted by Gasteiger charge is 2.55. The molecule has 3 N–H and O–H groups in total. The molecule has 538 valence electrons. The summed E-state index contributed by atoms with van der Waals surface area (Å²) >= 11 is 0. The average molecular weight is 1400 g/mol. The number of carbonyl (C=O) groups excluding carboxylic acids is 6. The van der Waals surface area contributed by atoms with Crippen LogP contribution in [0.5, 0.6) is 0 Å². The van der Waals surface area contributed by atoms with E-state index in [9.17, 15) is 33.9 Å². The standard InChI is InChI=1S/C74H95N2O22P/c1-7-55(86-42-50-29-19-14-20-30-50)37-61(77)75-67-71(96-65(81)39-56(8-2)87-43-51-31-21-15-22-32-51)69(88-44-52-33-23-16-24-34-52)60(94-73(67)83)48-89-74-68(76-62(78)38-57(9-3)92-63(79)11-5)72(97-66(82)40-58(10-4)93-64(80)12-6)70(59(95-74)47-85-41-49-27-17-13-18-28-49)98-99(84)90-45-53-35-25-26-36-54(53)46-91-99/h13-36,55-60,67-74,83H,7-12,37-48H2,1-6H3,(H,75,77)(H,76,78)/t55-,56-,57-,58-,59?,60?,67?,68?,69-,70-,71-,72-,73-,74-/m1/s1. The van der Waals surface area contributed by atoms with Crippen molar-refractivity contribution in [2.45, 2.75) is 231 Å². The van der Waals surface area contributed by atoms with Crippen molar-refractivity contribution in [3.8, 4) is 0 Å². The zero-order chi connectivity index (χ0) is 70.5. The van der Waals surface area contributed by atoms with Gasteiger partial charge in [0.05, 0.1) is 90.7 Å². The molecule has 0 spiro atoms. The second-order valence-electron chi connectivity index (χ2n) is 24.3. The quantitative estimate of drug-likeness (QED) is 0.0188. The Morgan fingerprint density at radius 3 is 1.37 bits per heavy atom. The van der Waals surface area contributed by atoms with Crippen LogP contribution in [-0.2, 0) is 139 Å². The van der Waals surface area contributed by atoms with Crippen molar-refractivity contribution in [3.63, 3.8) is 0 Å². The number of nitrogens with one attached hydrogen (secondary N) is 2. The van der Waals surface area contributed by atoms with E-state index in [0.717, 1.165) is 16.7 Å². The van der Waals surface area contributed by atoms with Crippen LogP contribution in [0.3, 0.4) is 0 Å². The van der Waals surface area contributed by atoms with Crippen LogP contribution >= 0.6 is 7.82 Å². The largest absolute Gasteiger partial charge is 0.475 e. The lowest BCUT2D eigenvalue weighted by Gasteiger charge is -2.47. The highest BCUT2D eigenvalue weighted by molar-refractivity contribution is 7.48. The summed E-state index contributed by atoms with van der Waals surface area (Å²) < 4.78 is 104. The Kier molecular flexibility index (Phi) is 31.5. The number of ether oxygens (including phenoxy) is 11. The molecule has 14 atom stereocenters. The lowest BCUT2D eigenvalue weighted by atomic mass is 9.95. The van der Waals surface area contributed by atoms with E-state index in [0.29, 0.717) is 29.5 Å².